The monoisotopic (exact) mass is 429 g/mol. The van der Waals surface area contributed by atoms with Gasteiger partial charge in [-0.15, -0.1) is 0 Å². The molecule has 1 aromatic carbocycles. The van der Waals surface area contributed by atoms with Crippen molar-refractivity contribution in [2.45, 2.75) is 17.9 Å². The molecule has 3 heterocycles. The first-order chi connectivity index (χ1) is 14.3. The van der Waals surface area contributed by atoms with E-state index in [2.05, 4.69) is 20.4 Å². The summed E-state index contributed by atoms with van der Waals surface area (Å²) in [5, 5.41) is 0. The number of imidazole rings is 1. The number of hydroxylamine groups is 1. The maximum Gasteiger partial charge on any atom is 0.238 e. The van der Waals surface area contributed by atoms with Crippen molar-refractivity contribution in [1.82, 2.24) is 20.0 Å². The Labute approximate surface area is 175 Å². The molecule has 1 N–H and O–H groups in total. The van der Waals surface area contributed by atoms with E-state index in [9.17, 15) is 8.42 Å². The van der Waals surface area contributed by atoms with E-state index in [0.29, 0.717) is 17.4 Å². The smallest absolute Gasteiger partial charge is 0.238 e. The van der Waals surface area contributed by atoms with E-state index in [1.807, 2.05) is 29.8 Å². The maximum absolute atomic E-state index is 11.9. The Hall–Kier alpha value is -3.24. The van der Waals surface area contributed by atoms with Gasteiger partial charge in [0.15, 0.2) is 15.7 Å². The van der Waals surface area contributed by atoms with Crippen molar-refractivity contribution in [2.24, 2.45) is 4.99 Å². The van der Waals surface area contributed by atoms with Crippen LogP contribution in [0.4, 0.5) is 0 Å². The molecule has 1 atom stereocenters. The number of benzene rings is 1. The van der Waals surface area contributed by atoms with Crippen molar-refractivity contribution in [2.75, 3.05) is 20.0 Å². The van der Waals surface area contributed by atoms with E-state index >= 15 is 0 Å². The summed E-state index contributed by atoms with van der Waals surface area (Å²) >= 11 is 0. The van der Waals surface area contributed by atoms with E-state index in [1.54, 1.807) is 37.7 Å². The number of amidine groups is 1. The minimum atomic E-state index is -3.31. The second-order valence-electron chi connectivity index (χ2n) is 6.90. The van der Waals surface area contributed by atoms with Crippen molar-refractivity contribution in [3.05, 3.63) is 65.9 Å². The van der Waals surface area contributed by atoms with E-state index < -0.39 is 9.84 Å². The van der Waals surface area contributed by atoms with Gasteiger partial charge in [-0.2, -0.15) is 0 Å². The number of hydrogen-bond acceptors (Lipinski definition) is 8. The molecule has 0 saturated heterocycles. The number of hydrogen-bond donors (Lipinski definition) is 1. The number of aliphatic imine (C=N–C) groups is 1. The Kier molecular flexibility index (Phi) is 5.27. The fraction of sp³-hybridized carbons (Fsp3) is 0.250. The number of aryl methyl sites for hydroxylation is 1. The van der Waals surface area contributed by atoms with Gasteiger partial charge in [-0.25, -0.2) is 23.9 Å². The van der Waals surface area contributed by atoms with Crippen molar-refractivity contribution < 1.29 is 19.4 Å². The molecule has 0 spiro atoms. The predicted molar refractivity (Wildman–Crippen MR) is 113 cm³/mol. The van der Waals surface area contributed by atoms with Crippen LogP contribution in [0.1, 0.15) is 24.4 Å². The number of sulfone groups is 1. The predicted octanol–water partition coefficient (Wildman–Crippen LogP) is 2.26. The lowest BCUT2D eigenvalue weighted by Gasteiger charge is -2.22. The van der Waals surface area contributed by atoms with Crippen LogP contribution in [0.25, 0.3) is 5.69 Å². The molecule has 0 bridgehead atoms. The topological polar surface area (TPSA) is 108 Å². The third kappa shape index (κ3) is 4.05. The lowest BCUT2D eigenvalue weighted by molar-refractivity contribution is 0.0620. The molecule has 0 saturated carbocycles. The van der Waals surface area contributed by atoms with Crippen molar-refractivity contribution in [3.63, 3.8) is 0 Å². The molecular formula is C20H23N5O4S. The molecule has 0 fully saturated rings. The molecule has 2 aromatic heterocycles. The highest BCUT2D eigenvalue weighted by atomic mass is 32.2. The molecule has 0 radical (unpaired) electrons. The Morgan fingerprint density at radius 3 is 2.83 bits per heavy atom. The van der Waals surface area contributed by atoms with Gasteiger partial charge in [-0.3, -0.25) is 9.83 Å². The second-order valence-corrected chi connectivity index (χ2v) is 8.91. The highest BCUT2D eigenvalue weighted by Gasteiger charge is 2.22. The van der Waals surface area contributed by atoms with E-state index in [4.69, 9.17) is 9.57 Å². The molecule has 9 nitrogen and oxygen atoms in total. The summed E-state index contributed by atoms with van der Waals surface area (Å²) in [5.74, 6) is 0.846. The summed E-state index contributed by atoms with van der Waals surface area (Å²) in [4.78, 5) is 19.2. The minimum Gasteiger partial charge on any atom is -0.479 e. The standard InChI is InChI=1S/C20H21N5O4S.H2/c1-13-10-25(12-21-13)18-8-7-16(23-20(18)28-2)19-22-17(11-29-24-19)14-5-4-6-15(9-14)30(3,26)27;/h4-10,12,17H,11H2,1-3H3,(H,22,24);1H. The van der Waals surface area contributed by atoms with E-state index in [-0.39, 0.29) is 19.0 Å². The summed E-state index contributed by atoms with van der Waals surface area (Å²) in [6.45, 7) is 2.17. The number of methoxy groups -OCH3 is 1. The summed E-state index contributed by atoms with van der Waals surface area (Å²) in [6, 6.07) is 10.0. The van der Waals surface area contributed by atoms with Gasteiger partial charge in [0.2, 0.25) is 5.88 Å². The average Bonchev–Trinajstić information content (AvgIpc) is 3.19. The van der Waals surface area contributed by atoms with Crippen molar-refractivity contribution in [3.8, 4) is 11.6 Å². The van der Waals surface area contributed by atoms with Gasteiger partial charge in [0.05, 0.1) is 24.0 Å². The molecule has 0 aliphatic carbocycles. The molecule has 158 valence electrons. The van der Waals surface area contributed by atoms with Crippen molar-refractivity contribution in [1.29, 1.82) is 0 Å². The van der Waals surface area contributed by atoms with Crippen LogP contribution in [-0.4, -0.2) is 48.8 Å². The summed E-state index contributed by atoms with van der Waals surface area (Å²) in [5.41, 5.74) is 5.70. The SMILES string of the molecule is COc1nc(C2=NC(c3cccc(S(C)(=O)=O)c3)CON2)ccc1-n1cnc(C)c1.[HH]. The van der Waals surface area contributed by atoms with Crippen LogP contribution in [-0.2, 0) is 14.7 Å². The molecule has 10 heteroatoms. The van der Waals surface area contributed by atoms with E-state index in [1.165, 1.54) is 6.26 Å². The minimum absolute atomic E-state index is 0. The summed E-state index contributed by atoms with van der Waals surface area (Å²) in [6.07, 6.45) is 4.75. The number of aromatic nitrogens is 3. The molecule has 4 rings (SSSR count). The lowest BCUT2D eigenvalue weighted by Crippen LogP contribution is -2.33. The molecule has 0 amide bonds. The molecule has 30 heavy (non-hydrogen) atoms. The quantitative estimate of drug-likeness (QED) is 0.663. The first kappa shape index (κ1) is 20.0. The zero-order valence-corrected chi connectivity index (χ0v) is 17.5. The van der Waals surface area contributed by atoms with Gasteiger partial charge in [0.1, 0.15) is 24.0 Å². The molecule has 3 aromatic rings. The van der Waals surface area contributed by atoms with Gasteiger partial charge in [0.25, 0.3) is 0 Å². The average molecular weight is 430 g/mol. The van der Waals surface area contributed by atoms with Gasteiger partial charge >= 0.3 is 0 Å². The highest BCUT2D eigenvalue weighted by Crippen LogP contribution is 2.25. The number of ether oxygens (including phenoxy) is 1. The van der Waals surface area contributed by atoms with Gasteiger partial charge in [-0.1, -0.05) is 12.1 Å². The van der Waals surface area contributed by atoms with Crippen LogP contribution < -0.4 is 10.2 Å². The van der Waals surface area contributed by atoms with Gasteiger partial charge in [-0.05, 0) is 36.8 Å². The third-order valence-electron chi connectivity index (χ3n) is 4.63. The number of nitrogens with one attached hydrogen (secondary N) is 1. The number of rotatable bonds is 5. The fourth-order valence-corrected chi connectivity index (χ4v) is 3.79. The first-order valence-electron chi connectivity index (χ1n) is 9.17. The third-order valence-corrected chi connectivity index (χ3v) is 5.74. The normalized spacial score (nSPS) is 16.6. The Morgan fingerprint density at radius 2 is 2.13 bits per heavy atom. The number of nitrogens with zero attached hydrogens (tertiary/aromatic N) is 4. The molecule has 1 aliphatic rings. The van der Waals surface area contributed by atoms with Crippen LogP contribution in [0, 0.1) is 6.92 Å². The summed E-state index contributed by atoms with van der Waals surface area (Å²) < 4.78 is 31.0. The zero-order chi connectivity index (χ0) is 21.3. The fourth-order valence-electron chi connectivity index (χ4n) is 3.11. The lowest BCUT2D eigenvalue weighted by atomic mass is 10.1. The Bertz CT molecular complexity index is 1230. The second kappa shape index (κ2) is 7.88. The molecular weight excluding hydrogens is 406 g/mol. The Balaban J connectivity index is 0.00000272. The zero-order valence-electron chi connectivity index (χ0n) is 16.7. The maximum atomic E-state index is 11.9. The number of pyridine rings is 1. The van der Waals surface area contributed by atoms with Crippen LogP contribution in [0.15, 0.2) is 58.8 Å². The van der Waals surface area contributed by atoms with Crippen LogP contribution in [0.2, 0.25) is 0 Å². The first-order valence-corrected chi connectivity index (χ1v) is 11.1. The van der Waals surface area contributed by atoms with Gasteiger partial charge in [0, 0.05) is 13.9 Å². The van der Waals surface area contributed by atoms with E-state index in [0.717, 1.165) is 16.9 Å². The van der Waals surface area contributed by atoms with Crippen LogP contribution in [0.3, 0.4) is 0 Å². The Morgan fingerprint density at radius 1 is 1.30 bits per heavy atom. The van der Waals surface area contributed by atoms with Crippen LogP contribution in [0.5, 0.6) is 5.88 Å². The van der Waals surface area contributed by atoms with Gasteiger partial charge < -0.3 is 9.30 Å². The highest BCUT2D eigenvalue weighted by molar-refractivity contribution is 7.90. The summed E-state index contributed by atoms with van der Waals surface area (Å²) in [7, 11) is -1.76. The van der Waals surface area contributed by atoms with Crippen LogP contribution >= 0.6 is 0 Å². The molecule has 1 unspecified atom stereocenters. The largest absolute Gasteiger partial charge is 0.479 e. The molecule has 1 aliphatic heterocycles. The van der Waals surface area contributed by atoms with Crippen molar-refractivity contribution >= 4 is 15.7 Å².